The quantitative estimate of drug-likeness (QED) is 0.813. The van der Waals surface area contributed by atoms with E-state index in [4.69, 9.17) is 33.6 Å². The summed E-state index contributed by atoms with van der Waals surface area (Å²) >= 11 is 10.7. The molecular weight excluding hydrogens is 304 g/mol. The SMILES string of the molecule is [O-]N([O-])c1cc(C(F)(F)F)c(Cl)c(N(O)O)c1Cl. The van der Waals surface area contributed by atoms with Gasteiger partial charge in [0.05, 0.1) is 15.6 Å². The van der Waals surface area contributed by atoms with Crippen LogP contribution >= 0.6 is 23.2 Å². The first-order valence-electron chi connectivity index (χ1n) is 3.98. The lowest BCUT2D eigenvalue weighted by atomic mass is 10.1. The first-order chi connectivity index (χ1) is 8.07. The van der Waals surface area contributed by atoms with Crippen LogP contribution in [0.3, 0.4) is 0 Å². The maximum Gasteiger partial charge on any atom is 0.418 e. The fourth-order valence-corrected chi connectivity index (χ4v) is 1.80. The number of benzene rings is 1. The molecule has 0 spiro atoms. The highest BCUT2D eigenvalue weighted by atomic mass is 35.5. The second-order valence-corrected chi connectivity index (χ2v) is 3.72. The fourth-order valence-electron chi connectivity index (χ4n) is 1.12. The molecule has 0 unspecified atom stereocenters. The summed E-state index contributed by atoms with van der Waals surface area (Å²) in [6, 6.07) is 0.109. The average Bonchev–Trinajstić information content (AvgIpc) is 2.13. The van der Waals surface area contributed by atoms with Crippen LogP contribution in [-0.2, 0) is 6.18 Å². The standard InChI is InChI=1S/C7H3Cl2F3N2O4/c8-4-2(7(10,11)12)1-3(13(15)16)5(9)6(4)14(17)18/h1,17-18H/q-2. The number of rotatable bonds is 2. The third-order valence-corrected chi connectivity index (χ3v) is 2.62. The van der Waals surface area contributed by atoms with E-state index >= 15 is 0 Å². The van der Waals surface area contributed by atoms with E-state index in [1.54, 1.807) is 0 Å². The van der Waals surface area contributed by atoms with E-state index in [2.05, 4.69) is 0 Å². The minimum Gasteiger partial charge on any atom is -0.769 e. The third kappa shape index (κ3) is 2.71. The van der Waals surface area contributed by atoms with Crippen LogP contribution in [0.5, 0.6) is 0 Å². The topological polar surface area (TPSA) is 93.1 Å². The highest BCUT2D eigenvalue weighted by Gasteiger charge is 2.36. The predicted molar refractivity (Wildman–Crippen MR) is 56.7 cm³/mol. The van der Waals surface area contributed by atoms with Gasteiger partial charge in [-0.15, -0.1) is 5.23 Å². The minimum atomic E-state index is -5.02. The van der Waals surface area contributed by atoms with Gasteiger partial charge in [-0.1, -0.05) is 23.2 Å². The van der Waals surface area contributed by atoms with E-state index in [9.17, 15) is 23.6 Å². The van der Waals surface area contributed by atoms with Gasteiger partial charge in [-0.2, -0.15) is 13.2 Å². The van der Waals surface area contributed by atoms with Gasteiger partial charge in [0.15, 0.2) is 0 Å². The lowest BCUT2D eigenvalue weighted by Gasteiger charge is -2.39. The van der Waals surface area contributed by atoms with Crippen LogP contribution in [0.25, 0.3) is 0 Å². The molecule has 0 saturated heterocycles. The van der Waals surface area contributed by atoms with E-state index in [1.807, 2.05) is 0 Å². The summed E-state index contributed by atoms with van der Waals surface area (Å²) in [6.45, 7) is 0. The highest BCUT2D eigenvalue weighted by molar-refractivity contribution is 6.41. The number of nitrogens with zero attached hydrogens (tertiary/aromatic N) is 2. The molecule has 0 amide bonds. The molecule has 1 rings (SSSR count). The summed E-state index contributed by atoms with van der Waals surface area (Å²) in [5, 5.41) is 34.3. The van der Waals surface area contributed by atoms with E-state index in [0.717, 1.165) is 0 Å². The smallest absolute Gasteiger partial charge is 0.418 e. The molecule has 11 heteroatoms. The van der Waals surface area contributed by atoms with Gasteiger partial charge in [0.1, 0.15) is 5.69 Å². The Morgan fingerprint density at radius 1 is 1.11 bits per heavy atom. The van der Waals surface area contributed by atoms with Gasteiger partial charge in [0, 0.05) is 5.69 Å². The zero-order valence-electron chi connectivity index (χ0n) is 8.07. The monoisotopic (exact) mass is 306 g/mol. The first kappa shape index (κ1) is 15.1. The van der Waals surface area contributed by atoms with Crippen molar-refractivity contribution in [2.75, 3.05) is 10.5 Å². The summed E-state index contributed by atoms with van der Waals surface area (Å²) < 4.78 is 37.6. The number of alkyl halides is 3. The Morgan fingerprint density at radius 3 is 1.94 bits per heavy atom. The number of hydrogen-bond donors (Lipinski definition) is 2. The van der Waals surface area contributed by atoms with Crippen LogP contribution in [0.1, 0.15) is 5.56 Å². The zero-order chi connectivity index (χ0) is 14.2. The maximum atomic E-state index is 12.5. The molecule has 0 aliphatic heterocycles. The van der Waals surface area contributed by atoms with E-state index < -0.39 is 43.6 Å². The molecule has 6 nitrogen and oxygen atoms in total. The Morgan fingerprint density at radius 2 is 1.61 bits per heavy atom. The van der Waals surface area contributed by atoms with Crippen molar-refractivity contribution < 1.29 is 23.6 Å². The van der Waals surface area contributed by atoms with Crippen molar-refractivity contribution in [1.29, 1.82) is 0 Å². The zero-order valence-corrected chi connectivity index (χ0v) is 9.58. The Hall–Kier alpha value is -0.970. The molecule has 0 atom stereocenters. The molecule has 0 radical (unpaired) electrons. The summed E-state index contributed by atoms with van der Waals surface area (Å²) in [5.74, 6) is 0. The normalized spacial score (nSPS) is 11.6. The van der Waals surface area contributed by atoms with Crippen molar-refractivity contribution in [1.82, 2.24) is 0 Å². The molecule has 0 heterocycles. The van der Waals surface area contributed by atoms with Crippen LogP contribution in [0.2, 0.25) is 10.0 Å². The van der Waals surface area contributed by atoms with Gasteiger partial charge >= 0.3 is 6.18 Å². The summed E-state index contributed by atoms with van der Waals surface area (Å²) in [6.07, 6.45) is -5.02. The Balaban J connectivity index is 3.67. The van der Waals surface area contributed by atoms with E-state index in [-0.39, 0.29) is 6.07 Å². The van der Waals surface area contributed by atoms with E-state index in [0.29, 0.717) is 0 Å². The molecule has 0 saturated carbocycles. The molecule has 0 bridgehead atoms. The van der Waals surface area contributed by atoms with Gasteiger partial charge < -0.3 is 15.6 Å². The minimum absolute atomic E-state index is 0.109. The molecule has 0 aliphatic carbocycles. The van der Waals surface area contributed by atoms with Crippen molar-refractivity contribution in [2.45, 2.75) is 6.18 Å². The largest absolute Gasteiger partial charge is 0.769 e. The van der Waals surface area contributed by atoms with Crippen LogP contribution < -0.4 is 10.5 Å². The van der Waals surface area contributed by atoms with Gasteiger partial charge in [0.25, 0.3) is 0 Å². The molecule has 1 aromatic rings. The predicted octanol–water partition coefficient (Wildman–Crippen LogP) is 3.40. The second-order valence-electron chi connectivity index (χ2n) is 2.96. The summed E-state index contributed by atoms with van der Waals surface area (Å²) in [4.78, 5) is 0. The van der Waals surface area contributed by atoms with Crippen molar-refractivity contribution in [2.24, 2.45) is 0 Å². The fraction of sp³-hybridized carbons (Fsp3) is 0.143. The molecule has 102 valence electrons. The van der Waals surface area contributed by atoms with Gasteiger partial charge in [-0.25, -0.2) is 0 Å². The molecule has 1 aromatic carbocycles. The molecular formula is C7H3Cl2F3N2O4-2. The second kappa shape index (κ2) is 4.96. The van der Waals surface area contributed by atoms with Crippen LogP contribution in [-0.4, -0.2) is 10.4 Å². The van der Waals surface area contributed by atoms with Gasteiger partial charge in [0.2, 0.25) is 0 Å². The molecule has 0 aliphatic rings. The Kier molecular flexibility index (Phi) is 4.15. The number of anilines is 2. The lowest BCUT2D eigenvalue weighted by Crippen LogP contribution is -2.17. The average molecular weight is 307 g/mol. The first-order valence-corrected chi connectivity index (χ1v) is 4.74. The van der Waals surface area contributed by atoms with Crippen LogP contribution in [0, 0.1) is 10.4 Å². The van der Waals surface area contributed by atoms with Gasteiger partial charge in [-0.3, -0.25) is 10.4 Å². The highest BCUT2D eigenvalue weighted by Crippen LogP contribution is 2.46. The van der Waals surface area contributed by atoms with E-state index in [1.165, 1.54) is 0 Å². The third-order valence-electron chi connectivity index (χ3n) is 1.86. The van der Waals surface area contributed by atoms with Crippen molar-refractivity contribution in [3.8, 4) is 0 Å². The Labute approximate surface area is 107 Å². The Bertz CT molecular complexity index is 467. The summed E-state index contributed by atoms with van der Waals surface area (Å²) in [7, 11) is 0. The molecule has 0 fully saturated rings. The summed E-state index contributed by atoms with van der Waals surface area (Å²) in [5.41, 5.74) is -3.89. The molecule has 2 N–H and O–H groups in total. The van der Waals surface area contributed by atoms with Crippen molar-refractivity contribution in [3.05, 3.63) is 32.1 Å². The maximum absolute atomic E-state index is 12.5. The van der Waals surface area contributed by atoms with Crippen LogP contribution in [0.4, 0.5) is 24.5 Å². The van der Waals surface area contributed by atoms with Crippen molar-refractivity contribution >= 4 is 34.6 Å². The molecule has 18 heavy (non-hydrogen) atoms. The number of hydrogen-bond acceptors (Lipinski definition) is 6. The van der Waals surface area contributed by atoms with Gasteiger partial charge in [-0.05, 0) is 6.07 Å². The molecule has 0 aromatic heterocycles. The number of halogens is 5. The lowest BCUT2D eigenvalue weighted by molar-refractivity contribution is -0.137. The van der Waals surface area contributed by atoms with Crippen molar-refractivity contribution in [3.63, 3.8) is 0 Å². The van der Waals surface area contributed by atoms with Crippen LogP contribution in [0.15, 0.2) is 6.07 Å².